The standard InChI is InChI=1S/C15H23BrO/c1-4-5-6-7-15(16)13-8-10-14(11-9-13)17-12(2)3/h8-12,15H,4-7H2,1-3H3. The van der Waals surface area contributed by atoms with Crippen molar-refractivity contribution in [2.45, 2.75) is 57.4 Å². The van der Waals surface area contributed by atoms with Gasteiger partial charge in [-0.25, -0.2) is 0 Å². The van der Waals surface area contributed by atoms with Crippen molar-refractivity contribution in [3.05, 3.63) is 29.8 Å². The lowest BCUT2D eigenvalue weighted by Crippen LogP contribution is -2.05. The van der Waals surface area contributed by atoms with Gasteiger partial charge in [0.2, 0.25) is 0 Å². The van der Waals surface area contributed by atoms with Crippen molar-refractivity contribution >= 4 is 15.9 Å². The van der Waals surface area contributed by atoms with Gasteiger partial charge in [0.05, 0.1) is 6.10 Å². The molecule has 0 saturated heterocycles. The van der Waals surface area contributed by atoms with E-state index in [1.54, 1.807) is 0 Å². The highest BCUT2D eigenvalue weighted by molar-refractivity contribution is 9.09. The molecule has 0 amide bonds. The molecule has 0 radical (unpaired) electrons. The zero-order valence-electron chi connectivity index (χ0n) is 11.1. The molecule has 0 aliphatic heterocycles. The quantitative estimate of drug-likeness (QED) is 0.478. The van der Waals surface area contributed by atoms with E-state index in [1.165, 1.54) is 31.2 Å². The molecule has 0 spiro atoms. The molecule has 1 atom stereocenters. The molecule has 0 fully saturated rings. The third-order valence-corrected chi connectivity index (χ3v) is 3.66. The molecule has 0 saturated carbocycles. The number of halogens is 1. The van der Waals surface area contributed by atoms with Gasteiger partial charge in [-0.05, 0) is 38.0 Å². The molecule has 0 aliphatic rings. The van der Waals surface area contributed by atoms with Gasteiger partial charge in [-0.2, -0.15) is 0 Å². The van der Waals surface area contributed by atoms with Crippen molar-refractivity contribution < 1.29 is 4.74 Å². The number of unbranched alkanes of at least 4 members (excludes halogenated alkanes) is 2. The predicted octanol–water partition coefficient (Wildman–Crippen LogP) is 5.49. The van der Waals surface area contributed by atoms with Crippen molar-refractivity contribution in [1.82, 2.24) is 0 Å². The fraction of sp³-hybridized carbons (Fsp3) is 0.600. The van der Waals surface area contributed by atoms with Crippen molar-refractivity contribution in [1.29, 1.82) is 0 Å². The van der Waals surface area contributed by atoms with Crippen LogP contribution in [-0.2, 0) is 0 Å². The normalized spacial score (nSPS) is 12.8. The fourth-order valence-corrected chi connectivity index (χ4v) is 2.40. The van der Waals surface area contributed by atoms with E-state index in [0.717, 1.165) is 5.75 Å². The smallest absolute Gasteiger partial charge is 0.119 e. The lowest BCUT2D eigenvalue weighted by molar-refractivity contribution is 0.242. The summed E-state index contributed by atoms with van der Waals surface area (Å²) in [6.45, 7) is 6.33. The second kappa shape index (κ2) is 7.75. The van der Waals surface area contributed by atoms with Crippen molar-refractivity contribution in [2.75, 3.05) is 0 Å². The lowest BCUT2D eigenvalue weighted by atomic mass is 10.1. The van der Waals surface area contributed by atoms with Crippen molar-refractivity contribution in [2.24, 2.45) is 0 Å². The molecular formula is C15H23BrO. The summed E-state index contributed by atoms with van der Waals surface area (Å²) >= 11 is 3.75. The Hall–Kier alpha value is -0.500. The molecule has 96 valence electrons. The van der Waals surface area contributed by atoms with Crippen LogP contribution in [0.2, 0.25) is 0 Å². The summed E-state index contributed by atoms with van der Waals surface area (Å²) < 4.78 is 5.63. The Morgan fingerprint density at radius 2 is 1.76 bits per heavy atom. The van der Waals surface area contributed by atoms with E-state index in [2.05, 4.69) is 47.1 Å². The van der Waals surface area contributed by atoms with Crippen LogP contribution in [0.3, 0.4) is 0 Å². The van der Waals surface area contributed by atoms with Crippen molar-refractivity contribution in [3.8, 4) is 5.75 Å². The molecule has 0 bridgehead atoms. The van der Waals surface area contributed by atoms with Crippen LogP contribution in [0.5, 0.6) is 5.75 Å². The van der Waals surface area contributed by atoms with Crippen LogP contribution in [0.15, 0.2) is 24.3 Å². The third kappa shape index (κ3) is 5.58. The Balaban J connectivity index is 2.48. The van der Waals surface area contributed by atoms with E-state index in [4.69, 9.17) is 4.74 Å². The third-order valence-electron chi connectivity index (χ3n) is 2.67. The number of benzene rings is 1. The molecule has 0 N–H and O–H groups in total. The summed E-state index contributed by atoms with van der Waals surface area (Å²) in [6.07, 6.45) is 5.33. The molecular weight excluding hydrogens is 276 g/mol. The van der Waals surface area contributed by atoms with Crippen LogP contribution in [0.25, 0.3) is 0 Å². The van der Waals surface area contributed by atoms with Crippen LogP contribution < -0.4 is 4.74 Å². The highest BCUT2D eigenvalue weighted by Gasteiger charge is 2.07. The first kappa shape index (κ1) is 14.6. The average molecular weight is 299 g/mol. The maximum Gasteiger partial charge on any atom is 0.119 e. The molecule has 1 unspecified atom stereocenters. The lowest BCUT2D eigenvalue weighted by Gasteiger charge is -2.13. The second-order valence-corrected chi connectivity index (χ2v) is 5.80. The zero-order valence-corrected chi connectivity index (χ0v) is 12.7. The van der Waals surface area contributed by atoms with E-state index < -0.39 is 0 Å². The van der Waals surface area contributed by atoms with Crippen LogP contribution in [0, 0.1) is 0 Å². The summed E-state index contributed by atoms with van der Waals surface area (Å²) in [5.74, 6) is 0.956. The van der Waals surface area contributed by atoms with Gasteiger partial charge < -0.3 is 4.74 Å². The fourth-order valence-electron chi connectivity index (χ4n) is 1.77. The number of rotatable bonds is 7. The minimum atomic E-state index is 0.241. The summed E-state index contributed by atoms with van der Waals surface area (Å²) in [5.41, 5.74) is 1.34. The molecule has 1 aromatic rings. The Labute approximate surface area is 114 Å². The van der Waals surface area contributed by atoms with E-state index in [-0.39, 0.29) is 6.10 Å². The first-order valence-corrected chi connectivity index (χ1v) is 7.45. The Kier molecular flexibility index (Phi) is 6.64. The van der Waals surface area contributed by atoms with Crippen LogP contribution in [0.1, 0.15) is 56.8 Å². The first-order valence-electron chi connectivity index (χ1n) is 6.54. The molecule has 0 aliphatic carbocycles. The maximum absolute atomic E-state index is 5.63. The average Bonchev–Trinajstić information content (AvgIpc) is 2.29. The van der Waals surface area contributed by atoms with Crippen LogP contribution in [0.4, 0.5) is 0 Å². The summed E-state index contributed by atoms with van der Waals surface area (Å²) in [7, 11) is 0. The first-order chi connectivity index (χ1) is 8.13. The highest BCUT2D eigenvalue weighted by Crippen LogP contribution is 2.29. The van der Waals surface area contributed by atoms with Gasteiger partial charge in [-0.15, -0.1) is 0 Å². The summed E-state index contributed by atoms with van der Waals surface area (Å²) in [6, 6.07) is 8.43. The van der Waals surface area contributed by atoms with Crippen LogP contribution in [-0.4, -0.2) is 6.10 Å². The van der Waals surface area contributed by atoms with E-state index in [1.807, 2.05) is 13.8 Å². The summed E-state index contributed by atoms with van der Waals surface area (Å²) in [4.78, 5) is 0.474. The van der Waals surface area contributed by atoms with Gasteiger partial charge in [0.15, 0.2) is 0 Å². The highest BCUT2D eigenvalue weighted by atomic mass is 79.9. The summed E-state index contributed by atoms with van der Waals surface area (Å²) in [5, 5.41) is 0. The van der Waals surface area contributed by atoms with Gasteiger partial charge in [0, 0.05) is 4.83 Å². The SMILES string of the molecule is CCCCCC(Br)c1ccc(OC(C)C)cc1. The predicted molar refractivity (Wildman–Crippen MR) is 78.0 cm³/mol. The molecule has 0 heterocycles. The topological polar surface area (TPSA) is 9.23 Å². The number of hydrogen-bond acceptors (Lipinski definition) is 1. The van der Waals surface area contributed by atoms with Crippen molar-refractivity contribution in [3.63, 3.8) is 0 Å². The Morgan fingerprint density at radius 1 is 1.12 bits per heavy atom. The van der Waals surface area contributed by atoms with Gasteiger partial charge in [-0.3, -0.25) is 0 Å². The van der Waals surface area contributed by atoms with Crippen LogP contribution >= 0.6 is 15.9 Å². The molecule has 1 nitrogen and oxygen atoms in total. The molecule has 0 aromatic heterocycles. The van der Waals surface area contributed by atoms with E-state index in [0.29, 0.717) is 4.83 Å². The number of ether oxygens (including phenoxy) is 1. The van der Waals surface area contributed by atoms with E-state index in [9.17, 15) is 0 Å². The maximum atomic E-state index is 5.63. The second-order valence-electron chi connectivity index (χ2n) is 4.70. The number of alkyl halides is 1. The minimum Gasteiger partial charge on any atom is -0.491 e. The van der Waals surface area contributed by atoms with Gasteiger partial charge in [0.1, 0.15) is 5.75 Å². The van der Waals surface area contributed by atoms with Gasteiger partial charge >= 0.3 is 0 Å². The molecule has 1 rings (SSSR count). The van der Waals surface area contributed by atoms with E-state index >= 15 is 0 Å². The molecule has 1 aromatic carbocycles. The monoisotopic (exact) mass is 298 g/mol. The minimum absolute atomic E-state index is 0.241. The number of hydrogen-bond donors (Lipinski definition) is 0. The molecule has 17 heavy (non-hydrogen) atoms. The Morgan fingerprint density at radius 3 is 2.29 bits per heavy atom. The molecule has 2 heteroatoms. The largest absolute Gasteiger partial charge is 0.491 e. The zero-order chi connectivity index (χ0) is 12.7. The Bertz CT molecular complexity index is 305. The van der Waals surface area contributed by atoms with Gasteiger partial charge in [-0.1, -0.05) is 54.2 Å². The van der Waals surface area contributed by atoms with Gasteiger partial charge in [0.25, 0.3) is 0 Å².